The largest absolute Gasteiger partial charge is 0.384 e. The summed E-state index contributed by atoms with van der Waals surface area (Å²) >= 11 is 12.1. The van der Waals surface area contributed by atoms with Gasteiger partial charge in [0.1, 0.15) is 24.0 Å². The van der Waals surface area contributed by atoms with Gasteiger partial charge in [-0.3, -0.25) is 18.7 Å². The number of hydrogen-bond donors (Lipinski definition) is 2. The quantitative estimate of drug-likeness (QED) is 0.668. The van der Waals surface area contributed by atoms with Gasteiger partial charge in [-0.2, -0.15) is 0 Å². The molecule has 146 valence electrons. The average Bonchev–Trinajstić information content (AvgIpc) is 2.61. The van der Waals surface area contributed by atoms with Crippen LogP contribution >= 0.6 is 23.2 Å². The number of halogens is 2. The van der Waals surface area contributed by atoms with Crippen LogP contribution in [0.1, 0.15) is 42.2 Å². The van der Waals surface area contributed by atoms with Gasteiger partial charge in [0, 0.05) is 24.2 Å². The Balaban J connectivity index is 2.28. The third-order valence-corrected chi connectivity index (χ3v) is 4.98. The number of carbonyl (C=O) groups excluding carboxylic acids is 1. The molecule has 0 spiro atoms. The van der Waals surface area contributed by atoms with E-state index >= 15 is 0 Å². The zero-order valence-corrected chi connectivity index (χ0v) is 17.0. The van der Waals surface area contributed by atoms with E-state index in [4.69, 9.17) is 28.9 Å². The van der Waals surface area contributed by atoms with Gasteiger partial charge in [-0.05, 0) is 25.5 Å². The molecule has 0 fully saturated rings. The third kappa shape index (κ3) is 4.43. The zero-order chi connectivity index (χ0) is 20.3. The molecule has 2 rings (SSSR count). The predicted octanol–water partition coefficient (Wildman–Crippen LogP) is 1.35. The van der Waals surface area contributed by atoms with E-state index < -0.39 is 17.0 Å². The highest BCUT2D eigenvalue weighted by Gasteiger charge is 2.23. The van der Waals surface area contributed by atoms with E-state index in [0.717, 1.165) is 10.1 Å². The second-order valence-electron chi connectivity index (χ2n) is 6.38. The number of anilines is 1. The Kier molecular flexibility index (Phi) is 6.86. The predicted molar refractivity (Wildman–Crippen MR) is 107 cm³/mol. The van der Waals surface area contributed by atoms with Crippen molar-refractivity contribution >= 4 is 34.8 Å². The molecule has 0 radical (unpaired) electrons. The molecule has 0 unspecified atom stereocenters. The maximum Gasteiger partial charge on any atom is 0.332 e. The lowest BCUT2D eigenvalue weighted by Gasteiger charge is -2.15. The van der Waals surface area contributed by atoms with Gasteiger partial charge in [-0.25, -0.2) is 4.79 Å². The number of ketones is 1. The monoisotopic (exact) mass is 413 g/mol. The van der Waals surface area contributed by atoms with Crippen molar-refractivity contribution in [1.29, 1.82) is 0 Å². The van der Waals surface area contributed by atoms with Crippen molar-refractivity contribution in [2.45, 2.75) is 32.9 Å². The van der Waals surface area contributed by atoms with E-state index in [-0.39, 0.29) is 24.0 Å². The van der Waals surface area contributed by atoms with Gasteiger partial charge in [0.15, 0.2) is 0 Å². The summed E-state index contributed by atoms with van der Waals surface area (Å²) in [5, 5.41) is 2.79. The number of quaternary nitrogens is 1. The van der Waals surface area contributed by atoms with Crippen molar-refractivity contribution in [3.63, 3.8) is 0 Å². The molecule has 4 N–H and O–H groups in total. The smallest absolute Gasteiger partial charge is 0.332 e. The van der Waals surface area contributed by atoms with Crippen LogP contribution in [0.5, 0.6) is 0 Å². The second-order valence-corrected chi connectivity index (χ2v) is 7.22. The Morgan fingerprint density at radius 3 is 2.56 bits per heavy atom. The molecule has 27 heavy (non-hydrogen) atoms. The number of carbonyl (C=O) groups is 1. The summed E-state index contributed by atoms with van der Waals surface area (Å²) in [4.78, 5) is 37.3. The lowest BCUT2D eigenvalue weighted by molar-refractivity contribution is -0.681. The van der Waals surface area contributed by atoms with Crippen molar-refractivity contribution in [3.8, 4) is 0 Å². The van der Waals surface area contributed by atoms with Crippen molar-refractivity contribution < 1.29 is 10.1 Å². The first-order chi connectivity index (χ1) is 12.7. The van der Waals surface area contributed by atoms with E-state index in [1.54, 1.807) is 23.5 Å². The molecule has 1 aromatic heterocycles. The summed E-state index contributed by atoms with van der Waals surface area (Å²) in [6.07, 6.45) is 0.647. The number of nitrogen functional groups attached to an aromatic ring is 1. The minimum Gasteiger partial charge on any atom is -0.384 e. The van der Waals surface area contributed by atoms with E-state index in [9.17, 15) is 14.4 Å². The first-order valence-electron chi connectivity index (χ1n) is 8.59. The molecular weight excluding hydrogens is 391 g/mol. The highest BCUT2D eigenvalue weighted by molar-refractivity contribution is 6.35. The lowest BCUT2D eigenvalue weighted by atomic mass is 10.1. The summed E-state index contributed by atoms with van der Waals surface area (Å²) in [6.45, 7) is 4.09. The summed E-state index contributed by atoms with van der Waals surface area (Å²) in [6, 6.07) is 5.03. The molecule has 0 saturated carbocycles. The molecule has 9 heteroatoms. The number of nitrogens with two attached hydrogens (primary N) is 2. The molecular formula is C18H23Cl2N4O3+. The zero-order valence-electron chi connectivity index (χ0n) is 15.5. The SMILES string of the molecule is CCCn1c(N)c(C(=O)C[NH2+][C@H](C)c2ccc(Cl)cc2Cl)c(=O)n(C)c1=O. The van der Waals surface area contributed by atoms with E-state index in [1.165, 1.54) is 11.6 Å². The van der Waals surface area contributed by atoms with Gasteiger partial charge in [0.25, 0.3) is 5.56 Å². The van der Waals surface area contributed by atoms with Crippen molar-refractivity contribution in [2.24, 2.45) is 7.05 Å². The fraction of sp³-hybridized carbons (Fsp3) is 0.389. The molecule has 7 nitrogen and oxygen atoms in total. The molecule has 0 bridgehead atoms. The Bertz CT molecular complexity index is 982. The summed E-state index contributed by atoms with van der Waals surface area (Å²) < 4.78 is 2.17. The van der Waals surface area contributed by atoms with Crippen LogP contribution in [0.3, 0.4) is 0 Å². The van der Waals surface area contributed by atoms with Gasteiger partial charge >= 0.3 is 5.69 Å². The molecule has 1 heterocycles. The Morgan fingerprint density at radius 1 is 1.30 bits per heavy atom. The van der Waals surface area contributed by atoms with Crippen LogP contribution in [0, 0.1) is 0 Å². The molecule has 2 aromatic rings. The van der Waals surface area contributed by atoms with Crippen LogP contribution in [0.15, 0.2) is 27.8 Å². The molecule has 0 aliphatic heterocycles. The summed E-state index contributed by atoms with van der Waals surface area (Å²) in [5.74, 6) is -0.518. The first kappa shape index (κ1) is 21.2. The molecule has 0 aliphatic carbocycles. The standard InChI is InChI=1S/C18H22Cl2N4O3/c1-4-7-24-16(21)15(17(26)23(3)18(24)27)14(25)9-22-10(2)12-6-5-11(19)8-13(12)20/h5-6,8,10,22H,4,7,9,21H2,1-3H3/p+1/t10-/m1/s1. The minimum atomic E-state index is -0.680. The van der Waals surface area contributed by atoms with Crippen LogP contribution in [0.25, 0.3) is 0 Å². The normalized spacial score (nSPS) is 12.2. The number of nitrogens with zero attached hydrogens (tertiary/aromatic N) is 2. The fourth-order valence-corrected chi connectivity index (χ4v) is 3.45. The molecule has 0 aliphatic rings. The summed E-state index contributed by atoms with van der Waals surface area (Å²) in [7, 11) is 1.34. The first-order valence-corrected chi connectivity index (χ1v) is 9.35. The second kappa shape index (κ2) is 8.73. The number of hydrogen-bond acceptors (Lipinski definition) is 4. The Morgan fingerprint density at radius 2 is 1.96 bits per heavy atom. The van der Waals surface area contributed by atoms with E-state index in [2.05, 4.69) is 0 Å². The van der Waals surface area contributed by atoms with Gasteiger partial charge in [0.05, 0.1) is 5.02 Å². The van der Waals surface area contributed by atoms with Crippen LogP contribution in [0.2, 0.25) is 10.0 Å². The number of aromatic nitrogens is 2. The highest BCUT2D eigenvalue weighted by atomic mass is 35.5. The van der Waals surface area contributed by atoms with Crippen LogP contribution in [0.4, 0.5) is 5.82 Å². The van der Waals surface area contributed by atoms with Crippen LogP contribution < -0.4 is 22.3 Å². The maximum absolute atomic E-state index is 12.7. The highest BCUT2D eigenvalue weighted by Crippen LogP contribution is 2.24. The van der Waals surface area contributed by atoms with Crippen molar-refractivity contribution in [1.82, 2.24) is 9.13 Å². The van der Waals surface area contributed by atoms with Crippen LogP contribution in [-0.2, 0) is 13.6 Å². The Labute approximate surface area is 166 Å². The Hall–Kier alpha value is -2.09. The topological polar surface area (TPSA) is 104 Å². The average molecular weight is 414 g/mol. The van der Waals surface area contributed by atoms with E-state index in [0.29, 0.717) is 23.0 Å². The molecule has 1 atom stereocenters. The summed E-state index contributed by atoms with van der Waals surface area (Å²) in [5.41, 5.74) is 5.44. The van der Waals surface area contributed by atoms with Gasteiger partial charge in [-0.15, -0.1) is 0 Å². The minimum absolute atomic E-state index is 0.0100. The van der Waals surface area contributed by atoms with Crippen LogP contribution in [-0.4, -0.2) is 21.5 Å². The molecule has 0 saturated heterocycles. The number of rotatable bonds is 7. The van der Waals surface area contributed by atoms with Gasteiger partial charge < -0.3 is 11.1 Å². The van der Waals surface area contributed by atoms with E-state index in [1.807, 2.05) is 13.8 Å². The fourth-order valence-electron chi connectivity index (χ4n) is 2.87. The lowest BCUT2D eigenvalue weighted by Crippen LogP contribution is -2.86. The van der Waals surface area contributed by atoms with Gasteiger partial charge in [-0.1, -0.05) is 36.2 Å². The van der Waals surface area contributed by atoms with Gasteiger partial charge in [0.2, 0.25) is 5.78 Å². The molecule has 1 aromatic carbocycles. The van der Waals surface area contributed by atoms with Crippen molar-refractivity contribution in [2.75, 3.05) is 12.3 Å². The third-order valence-electron chi connectivity index (χ3n) is 4.42. The number of Topliss-reactive ketones (excluding diaryl/α,β-unsaturated/α-hetero) is 1. The van der Waals surface area contributed by atoms with Crippen molar-refractivity contribution in [3.05, 3.63) is 60.2 Å². The maximum atomic E-state index is 12.7. The number of benzene rings is 1. The molecule has 0 amide bonds.